The zero-order valence-corrected chi connectivity index (χ0v) is 19.0. The third-order valence-electron chi connectivity index (χ3n) is 5.62. The molecule has 2 aromatic rings. The number of anilines is 1. The number of nitrogens with zero attached hydrogens (tertiary/aromatic N) is 2. The fourth-order valence-corrected chi connectivity index (χ4v) is 4.64. The second-order valence-electron chi connectivity index (χ2n) is 8.64. The number of benzene rings is 1. The van der Waals surface area contributed by atoms with Gasteiger partial charge in [0.05, 0.1) is 6.10 Å². The maximum Gasteiger partial charge on any atom is 0.195 e. The molecule has 30 heavy (non-hydrogen) atoms. The Balaban J connectivity index is 1.34. The molecule has 2 aliphatic rings. The first-order valence-corrected chi connectivity index (χ1v) is 12.1. The fourth-order valence-electron chi connectivity index (χ4n) is 3.93. The summed E-state index contributed by atoms with van der Waals surface area (Å²) in [4.78, 5) is 9.00. The van der Waals surface area contributed by atoms with Crippen LogP contribution in [0.3, 0.4) is 0 Å². The Morgan fingerprint density at radius 3 is 2.73 bits per heavy atom. The molecule has 1 unspecified atom stereocenters. The summed E-state index contributed by atoms with van der Waals surface area (Å²) in [5.41, 5.74) is 1.03. The maximum absolute atomic E-state index is 5.75. The topological polar surface area (TPSA) is 48.9 Å². The van der Waals surface area contributed by atoms with E-state index in [2.05, 4.69) is 45.2 Å². The second kappa shape index (κ2) is 10.3. The number of nitrogens with one attached hydrogen (secondary N) is 2. The van der Waals surface area contributed by atoms with E-state index in [-0.39, 0.29) is 6.10 Å². The minimum Gasteiger partial charge on any atom is -0.491 e. The number of guanidine groups is 1. The summed E-state index contributed by atoms with van der Waals surface area (Å²) in [5, 5.41) is 9.14. The quantitative estimate of drug-likeness (QED) is 0.454. The minimum absolute atomic E-state index is 0.182. The Labute approximate surface area is 184 Å². The molecule has 2 fully saturated rings. The van der Waals surface area contributed by atoms with Gasteiger partial charge in [-0.1, -0.05) is 6.07 Å². The smallest absolute Gasteiger partial charge is 0.195 e. The Morgan fingerprint density at radius 1 is 1.20 bits per heavy atom. The van der Waals surface area contributed by atoms with Gasteiger partial charge in [-0.25, -0.2) is 0 Å². The third kappa shape index (κ3) is 6.47. The van der Waals surface area contributed by atoms with Gasteiger partial charge in [-0.3, -0.25) is 4.99 Å². The molecule has 0 amide bonds. The summed E-state index contributed by atoms with van der Waals surface area (Å²) < 4.78 is 5.75. The molecular formula is C24H34N4OS. The van der Waals surface area contributed by atoms with Crippen molar-refractivity contribution in [2.24, 2.45) is 10.9 Å². The maximum atomic E-state index is 5.75. The summed E-state index contributed by atoms with van der Waals surface area (Å²) in [6.45, 7) is 8.30. The normalized spacial score (nSPS) is 20.0. The largest absolute Gasteiger partial charge is 0.491 e. The highest BCUT2D eigenvalue weighted by atomic mass is 32.1. The molecule has 2 N–H and O–H groups in total. The van der Waals surface area contributed by atoms with Gasteiger partial charge in [0.15, 0.2) is 5.96 Å². The predicted molar refractivity (Wildman–Crippen MR) is 127 cm³/mol. The van der Waals surface area contributed by atoms with Crippen molar-refractivity contribution in [2.75, 3.05) is 31.5 Å². The molecule has 0 radical (unpaired) electrons. The summed E-state index contributed by atoms with van der Waals surface area (Å²) in [6.07, 6.45) is 5.25. The molecule has 162 valence electrons. The number of hydrogen-bond donors (Lipinski definition) is 2. The lowest BCUT2D eigenvalue weighted by Gasteiger charge is -2.16. The third-order valence-corrected chi connectivity index (χ3v) is 6.56. The van der Waals surface area contributed by atoms with E-state index in [1.165, 1.54) is 37.2 Å². The van der Waals surface area contributed by atoms with Crippen LogP contribution in [-0.2, 0) is 6.42 Å². The van der Waals surface area contributed by atoms with Crippen molar-refractivity contribution in [3.63, 3.8) is 0 Å². The van der Waals surface area contributed by atoms with Gasteiger partial charge in [0.2, 0.25) is 0 Å². The lowest BCUT2D eigenvalue weighted by molar-refractivity contribution is 0.242. The molecule has 6 heteroatoms. The molecule has 0 bridgehead atoms. The number of ether oxygens (including phenoxy) is 1. The number of rotatable bonds is 9. The average Bonchev–Trinajstić information content (AvgIpc) is 3.24. The van der Waals surface area contributed by atoms with Crippen molar-refractivity contribution in [3.8, 4) is 5.75 Å². The van der Waals surface area contributed by atoms with E-state index < -0.39 is 0 Å². The van der Waals surface area contributed by atoms with E-state index in [4.69, 9.17) is 9.73 Å². The van der Waals surface area contributed by atoms with Gasteiger partial charge in [0.25, 0.3) is 0 Å². The van der Waals surface area contributed by atoms with Crippen molar-refractivity contribution in [1.82, 2.24) is 10.2 Å². The van der Waals surface area contributed by atoms with Crippen LogP contribution in [0.25, 0.3) is 0 Å². The van der Waals surface area contributed by atoms with E-state index in [1.54, 1.807) is 0 Å². The fraction of sp³-hybridized carbons (Fsp3) is 0.542. The van der Waals surface area contributed by atoms with Crippen LogP contribution < -0.4 is 15.4 Å². The Kier molecular flexibility index (Phi) is 7.28. The first kappa shape index (κ1) is 21.2. The molecule has 1 aromatic heterocycles. The molecule has 2 heterocycles. The van der Waals surface area contributed by atoms with Gasteiger partial charge >= 0.3 is 0 Å². The van der Waals surface area contributed by atoms with Gasteiger partial charge in [0, 0.05) is 36.2 Å². The van der Waals surface area contributed by atoms with E-state index >= 15 is 0 Å². The lowest BCUT2D eigenvalue weighted by Crippen LogP contribution is -2.33. The van der Waals surface area contributed by atoms with Crippen molar-refractivity contribution in [2.45, 2.75) is 51.7 Å². The SMILES string of the molecule is CC(C)Oc1ccc(NC(=NCC2CCN(C3CC3)C2)NCCc2cccs2)cc1. The summed E-state index contributed by atoms with van der Waals surface area (Å²) in [6, 6.07) is 13.3. The van der Waals surface area contributed by atoms with Gasteiger partial charge in [-0.05, 0) is 87.7 Å². The zero-order valence-electron chi connectivity index (χ0n) is 18.1. The highest BCUT2D eigenvalue weighted by Gasteiger charge is 2.34. The second-order valence-corrected chi connectivity index (χ2v) is 9.67. The molecule has 0 spiro atoms. The van der Waals surface area contributed by atoms with Gasteiger partial charge < -0.3 is 20.3 Å². The van der Waals surface area contributed by atoms with Crippen LogP contribution >= 0.6 is 11.3 Å². The van der Waals surface area contributed by atoms with Gasteiger partial charge in [-0.15, -0.1) is 11.3 Å². The first-order chi connectivity index (χ1) is 14.7. The minimum atomic E-state index is 0.182. The van der Waals surface area contributed by atoms with Crippen LogP contribution in [0.5, 0.6) is 5.75 Å². The number of hydrogen-bond acceptors (Lipinski definition) is 4. The molecular weight excluding hydrogens is 392 g/mol. The monoisotopic (exact) mass is 426 g/mol. The summed E-state index contributed by atoms with van der Waals surface area (Å²) >= 11 is 1.81. The highest BCUT2D eigenvalue weighted by molar-refractivity contribution is 7.09. The summed E-state index contributed by atoms with van der Waals surface area (Å²) in [7, 11) is 0. The molecule has 1 saturated carbocycles. The van der Waals surface area contributed by atoms with Crippen LogP contribution in [0, 0.1) is 5.92 Å². The molecule has 1 aliphatic heterocycles. The number of thiophene rings is 1. The Morgan fingerprint density at radius 2 is 2.03 bits per heavy atom. The van der Waals surface area contributed by atoms with E-state index in [0.29, 0.717) is 5.92 Å². The van der Waals surface area contributed by atoms with Gasteiger partial charge in [-0.2, -0.15) is 0 Å². The molecule has 1 saturated heterocycles. The zero-order chi connectivity index (χ0) is 20.8. The van der Waals surface area contributed by atoms with E-state index in [0.717, 1.165) is 42.9 Å². The van der Waals surface area contributed by atoms with Crippen molar-refractivity contribution in [1.29, 1.82) is 0 Å². The van der Waals surface area contributed by atoms with E-state index in [1.807, 2.05) is 37.3 Å². The van der Waals surface area contributed by atoms with Crippen LogP contribution in [-0.4, -0.2) is 49.2 Å². The first-order valence-electron chi connectivity index (χ1n) is 11.2. The molecule has 1 aliphatic carbocycles. The Hall–Kier alpha value is -2.05. The Bertz CT molecular complexity index is 799. The lowest BCUT2D eigenvalue weighted by atomic mass is 10.1. The van der Waals surface area contributed by atoms with E-state index in [9.17, 15) is 0 Å². The van der Waals surface area contributed by atoms with Crippen molar-refractivity contribution in [3.05, 3.63) is 46.7 Å². The molecule has 1 atom stereocenters. The van der Waals surface area contributed by atoms with Gasteiger partial charge in [0.1, 0.15) is 5.75 Å². The molecule has 4 rings (SSSR count). The highest BCUT2D eigenvalue weighted by Crippen LogP contribution is 2.31. The van der Waals surface area contributed by atoms with Crippen LogP contribution in [0.2, 0.25) is 0 Å². The summed E-state index contributed by atoms with van der Waals surface area (Å²) in [5.74, 6) is 2.43. The van der Waals surface area contributed by atoms with Crippen molar-refractivity contribution >= 4 is 23.0 Å². The van der Waals surface area contributed by atoms with Crippen LogP contribution in [0.4, 0.5) is 5.69 Å². The number of likely N-dealkylation sites (tertiary alicyclic amines) is 1. The molecule has 5 nitrogen and oxygen atoms in total. The standard InChI is InChI=1S/C24H34N4OS/c1-18(2)29-22-9-5-20(6-10-22)27-24(25-13-11-23-4-3-15-30-23)26-16-19-12-14-28(17-19)21-7-8-21/h3-6,9-10,15,18-19,21H,7-8,11-14,16-17H2,1-2H3,(H2,25,26,27). The average molecular weight is 427 g/mol. The van der Waals surface area contributed by atoms with Crippen LogP contribution in [0.15, 0.2) is 46.8 Å². The predicted octanol–water partition coefficient (Wildman–Crippen LogP) is 4.62. The number of aliphatic imine (C=N–C) groups is 1. The molecule has 1 aromatic carbocycles. The van der Waals surface area contributed by atoms with Crippen molar-refractivity contribution < 1.29 is 4.74 Å². The van der Waals surface area contributed by atoms with Crippen LogP contribution in [0.1, 0.15) is 38.0 Å².